The van der Waals surface area contributed by atoms with Crippen LogP contribution in [0.3, 0.4) is 0 Å². The third-order valence-electron chi connectivity index (χ3n) is 8.23. The van der Waals surface area contributed by atoms with Crippen LogP contribution in [0.1, 0.15) is 68.6 Å². The molecular formula is C27H36N4O5. The van der Waals surface area contributed by atoms with Crippen molar-refractivity contribution < 1.29 is 23.9 Å². The topological polar surface area (TPSA) is 99.3 Å². The van der Waals surface area contributed by atoms with Crippen LogP contribution >= 0.6 is 0 Å². The molecule has 4 saturated heterocycles. The minimum atomic E-state index is -0.899. The number of nitrogens with one attached hydrogen (secondary N) is 1. The summed E-state index contributed by atoms with van der Waals surface area (Å²) in [6.07, 6.45) is 5.88. The van der Waals surface area contributed by atoms with Gasteiger partial charge in [-0.25, -0.2) is 4.79 Å². The molecule has 4 aliphatic rings. The third kappa shape index (κ3) is 4.49. The highest BCUT2D eigenvalue weighted by molar-refractivity contribution is 6.07. The van der Waals surface area contributed by atoms with E-state index in [0.717, 1.165) is 37.9 Å². The standard InChI is InChI=1S/C27H36N4O5/c1-2-13-27(25(34)31(26(35)28-27)18-22-5-4-17-36-22)20-11-15-29(16-12-20)24(33)19-7-9-21(10-8-19)30-14-3-6-23(30)32/h7-10,20,22H,2-6,11-18H2,1H3,(H,28,35)/t22-,27+/m1/s1. The Bertz CT molecular complexity index is 1010. The van der Waals surface area contributed by atoms with Crippen LogP contribution in [0.25, 0.3) is 0 Å². The lowest BCUT2D eigenvalue weighted by Crippen LogP contribution is -2.56. The number of nitrogens with zero attached hydrogens (tertiary/aromatic N) is 3. The van der Waals surface area contributed by atoms with E-state index in [9.17, 15) is 19.2 Å². The van der Waals surface area contributed by atoms with Crippen molar-refractivity contribution in [2.45, 2.75) is 69.9 Å². The average molecular weight is 497 g/mol. The van der Waals surface area contributed by atoms with Crippen molar-refractivity contribution in [1.29, 1.82) is 0 Å². The van der Waals surface area contributed by atoms with Gasteiger partial charge in [0.15, 0.2) is 0 Å². The van der Waals surface area contributed by atoms with E-state index in [0.29, 0.717) is 57.5 Å². The van der Waals surface area contributed by atoms with Crippen molar-refractivity contribution in [3.05, 3.63) is 29.8 Å². The molecule has 5 amide bonds. The van der Waals surface area contributed by atoms with Gasteiger partial charge in [-0.05, 0) is 68.7 Å². The van der Waals surface area contributed by atoms with Gasteiger partial charge >= 0.3 is 6.03 Å². The molecule has 0 radical (unpaired) electrons. The molecule has 9 nitrogen and oxygen atoms in total. The summed E-state index contributed by atoms with van der Waals surface area (Å²) in [5.41, 5.74) is 0.529. The fourth-order valence-electron chi connectivity index (χ4n) is 6.31. The minimum absolute atomic E-state index is 0.0176. The summed E-state index contributed by atoms with van der Waals surface area (Å²) in [5, 5.41) is 3.07. The number of benzene rings is 1. The Morgan fingerprint density at radius 2 is 1.81 bits per heavy atom. The number of amides is 5. The van der Waals surface area contributed by atoms with Crippen molar-refractivity contribution >= 4 is 29.4 Å². The largest absolute Gasteiger partial charge is 0.376 e. The number of carbonyl (C=O) groups excluding carboxylic acids is 4. The van der Waals surface area contributed by atoms with Crippen LogP contribution in [0.2, 0.25) is 0 Å². The first-order chi connectivity index (χ1) is 17.4. The zero-order valence-corrected chi connectivity index (χ0v) is 21.0. The van der Waals surface area contributed by atoms with E-state index in [4.69, 9.17) is 4.74 Å². The molecule has 0 spiro atoms. The van der Waals surface area contributed by atoms with Crippen molar-refractivity contribution in [3.63, 3.8) is 0 Å². The molecule has 1 aromatic carbocycles. The molecule has 194 valence electrons. The number of anilines is 1. The van der Waals surface area contributed by atoms with Crippen LogP contribution in [0.4, 0.5) is 10.5 Å². The van der Waals surface area contributed by atoms with Gasteiger partial charge in [-0.2, -0.15) is 0 Å². The van der Waals surface area contributed by atoms with Crippen LogP contribution < -0.4 is 10.2 Å². The van der Waals surface area contributed by atoms with Gasteiger partial charge in [-0.1, -0.05) is 13.3 Å². The number of urea groups is 1. The molecule has 4 aliphatic heterocycles. The molecule has 1 N–H and O–H groups in total. The van der Waals surface area contributed by atoms with Crippen LogP contribution in [0.5, 0.6) is 0 Å². The summed E-state index contributed by atoms with van der Waals surface area (Å²) in [6.45, 7) is 4.82. The van der Waals surface area contributed by atoms with E-state index in [1.54, 1.807) is 17.0 Å². The highest BCUT2D eigenvalue weighted by Crippen LogP contribution is 2.38. The van der Waals surface area contributed by atoms with Crippen molar-refractivity contribution in [3.8, 4) is 0 Å². The zero-order valence-electron chi connectivity index (χ0n) is 21.0. The Kier molecular flexibility index (Phi) is 7.01. The zero-order chi connectivity index (χ0) is 25.3. The lowest BCUT2D eigenvalue weighted by molar-refractivity contribution is -0.135. The number of piperidine rings is 1. The van der Waals surface area contributed by atoms with E-state index < -0.39 is 5.54 Å². The van der Waals surface area contributed by atoms with Crippen LogP contribution in [0.15, 0.2) is 24.3 Å². The van der Waals surface area contributed by atoms with Crippen LogP contribution in [-0.4, -0.2) is 78.0 Å². The fraction of sp³-hybridized carbons (Fsp3) is 0.630. The smallest absolute Gasteiger partial charge is 0.325 e. The molecule has 1 aromatic rings. The lowest BCUT2D eigenvalue weighted by atomic mass is 9.74. The van der Waals surface area contributed by atoms with Gasteiger partial charge in [0.2, 0.25) is 5.91 Å². The molecule has 0 saturated carbocycles. The molecule has 0 bridgehead atoms. The van der Waals surface area contributed by atoms with Gasteiger partial charge < -0.3 is 19.9 Å². The molecule has 9 heteroatoms. The highest BCUT2D eigenvalue weighted by atomic mass is 16.5. The first-order valence-electron chi connectivity index (χ1n) is 13.4. The van der Waals surface area contributed by atoms with Gasteiger partial charge in [0.05, 0.1) is 12.6 Å². The van der Waals surface area contributed by atoms with Gasteiger partial charge in [-0.3, -0.25) is 19.3 Å². The van der Waals surface area contributed by atoms with Gasteiger partial charge in [0.25, 0.3) is 11.8 Å². The molecule has 36 heavy (non-hydrogen) atoms. The van der Waals surface area contributed by atoms with E-state index in [2.05, 4.69) is 5.32 Å². The molecule has 0 unspecified atom stereocenters. The van der Waals surface area contributed by atoms with Crippen molar-refractivity contribution in [1.82, 2.24) is 15.1 Å². The summed E-state index contributed by atoms with van der Waals surface area (Å²) in [5.74, 6) is -0.0724. The Hall–Kier alpha value is -2.94. The number of hydrogen-bond donors (Lipinski definition) is 1. The minimum Gasteiger partial charge on any atom is -0.376 e. The van der Waals surface area contributed by atoms with Crippen molar-refractivity contribution in [2.24, 2.45) is 5.92 Å². The monoisotopic (exact) mass is 496 g/mol. The molecular weight excluding hydrogens is 460 g/mol. The second kappa shape index (κ2) is 10.2. The number of carbonyl (C=O) groups is 4. The Labute approximate surface area is 212 Å². The maximum absolute atomic E-state index is 13.6. The number of rotatable bonds is 7. The Balaban J connectivity index is 1.23. The first kappa shape index (κ1) is 24.7. The second-order valence-electron chi connectivity index (χ2n) is 10.5. The van der Waals surface area contributed by atoms with E-state index in [1.165, 1.54) is 4.90 Å². The molecule has 5 rings (SSSR count). The average Bonchev–Trinajstić information content (AvgIpc) is 3.62. The summed E-state index contributed by atoms with van der Waals surface area (Å²) < 4.78 is 5.67. The van der Waals surface area contributed by atoms with E-state index in [-0.39, 0.29) is 35.8 Å². The second-order valence-corrected chi connectivity index (χ2v) is 10.5. The SMILES string of the molecule is CCC[C@@]1(C2CCN(C(=O)c3ccc(N4CCCC4=O)cc3)CC2)NC(=O)N(C[C@H]2CCCO2)C1=O. The third-order valence-corrected chi connectivity index (χ3v) is 8.23. The predicted octanol–water partition coefficient (Wildman–Crippen LogP) is 2.94. The quantitative estimate of drug-likeness (QED) is 0.585. The predicted molar refractivity (Wildman–Crippen MR) is 134 cm³/mol. The first-order valence-corrected chi connectivity index (χ1v) is 13.4. The highest BCUT2D eigenvalue weighted by Gasteiger charge is 2.55. The Morgan fingerprint density at radius 1 is 1.06 bits per heavy atom. The number of hydrogen-bond acceptors (Lipinski definition) is 5. The normalized spacial score (nSPS) is 27.3. The van der Waals surface area contributed by atoms with Gasteiger partial charge in [0, 0.05) is 43.9 Å². The fourth-order valence-corrected chi connectivity index (χ4v) is 6.31. The summed E-state index contributed by atoms with van der Waals surface area (Å²) in [4.78, 5) is 56.6. The van der Waals surface area contributed by atoms with Crippen molar-refractivity contribution in [2.75, 3.05) is 37.7 Å². The maximum atomic E-state index is 13.6. The van der Waals surface area contributed by atoms with E-state index in [1.807, 2.05) is 24.0 Å². The molecule has 0 aliphatic carbocycles. The van der Waals surface area contributed by atoms with Gasteiger partial charge in [-0.15, -0.1) is 0 Å². The van der Waals surface area contributed by atoms with Crippen LogP contribution in [-0.2, 0) is 14.3 Å². The molecule has 0 aromatic heterocycles. The lowest BCUT2D eigenvalue weighted by Gasteiger charge is -2.41. The number of ether oxygens (including phenoxy) is 1. The molecule has 4 fully saturated rings. The van der Waals surface area contributed by atoms with Gasteiger partial charge in [0.1, 0.15) is 5.54 Å². The summed E-state index contributed by atoms with van der Waals surface area (Å²) in [6, 6.07) is 6.94. The van der Waals surface area contributed by atoms with E-state index >= 15 is 0 Å². The molecule has 2 atom stereocenters. The number of likely N-dealkylation sites (tertiary alicyclic amines) is 1. The Morgan fingerprint density at radius 3 is 2.42 bits per heavy atom. The molecule has 4 heterocycles. The summed E-state index contributed by atoms with van der Waals surface area (Å²) in [7, 11) is 0. The maximum Gasteiger partial charge on any atom is 0.325 e. The van der Waals surface area contributed by atoms with Crippen LogP contribution in [0, 0.1) is 5.92 Å². The summed E-state index contributed by atoms with van der Waals surface area (Å²) >= 11 is 0. The number of imide groups is 1.